The fourth-order valence-corrected chi connectivity index (χ4v) is 2.07. The lowest BCUT2D eigenvalue weighted by Crippen LogP contribution is -2.14. The highest BCUT2D eigenvalue weighted by molar-refractivity contribution is 6.32. The monoisotopic (exact) mass is 289 g/mol. The number of carbonyl (C=O) groups is 1. The average Bonchev–Trinajstić information content (AvgIpc) is 2.42. The molecule has 104 valence electrons. The van der Waals surface area contributed by atoms with Crippen molar-refractivity contribution in [2.75, 3.05) is 11.1 Å². The van der Waals surface area contributed by atoms with E-state index < -0.39 is 0 Å². The maximum Gasteiger partial charge on any atom is 0.224 e. The van der Waals surface area contributed by atoms with Gasteiger partial charge in [-0.05, 0) is 42.7 Å². The molecule has 0 aliphatic carbocycles. The van der Waals surface area contributed by atoms with Crippen molar-refractivity contribution in [3.8, 4) is 0 Å². The lowest BCUT2D eigenvalue weighted by Gasteiger charge is -2.09. The van der Waals surface area contributed by atoms with E-state index in [9.17, 15) is 4.79 Å². The van der Waals surface area contributed by atoms with E-state index in [0.29, 0.717) is 23.7 Å². The fourth-order valence-electron chi connectivity index (χ4n) is 1.82. The maximum atomic E-state index is 11.9. The minimum atomic E-state index is -0.0835. The van der Waals surface area contributed by atoms with Crippen LogP contribution in [0.1, 0.15) is 17.5 Å². The van der Waals surface area contributed by atoms with Crippen molar-refractivity contribution in [3.63, 3.8) is 0 Å². The third-order valence-corrected chi connectivity index (χ3v) is 3.28. The molecule has 0 fully saturated rings. The Morgan fingerprint density at radius 2 is 2.00 bits per heavy atom. The number of nitrogens with zero attached hydrogens (tertiary/aromatic N) is 1. The Kier molecular flexibility index (Phi) is 4.58. The van der Waals surface area contributed by atoms with Crippen molar-refractivity contribution < 1.29 is 4.79 Å². The molecule has 1 heterocycles. The van der Waals surface area contributed by atoms with Gasteiger partial charge in [-0.2, -0.15) is 0 Å². The fraction of sp³-hybridized carbons (Fsp3) is 0.200. The Labute approximate surface area is 123 Å². The van der Waals surface area contributed by atoms with Crippen LogP contribution in [0, 0.1) is 6.92 Å². The normalized spacial score (nSPS) is 10.3. The zero-order valence-electron chi connectivity index (χ0n) is 11.2. The van der Waals surface area contributed by atoms with Crippen molar-refractivity contribution >= 4 is 28.9 Å². The molecule has 5 heteroatoms. The number of halogens is 1. The molecule has 1 aromatic heterocycles. The number of aryl methyl sites for hydroxylation is 2. The number of nitrogens with one attached hydrogen (secondary N) is 1. The summed E-state index contributed by atoms with van der Waals surface area (Å²) in [4.78, 5) is 15.9. The third-order valence-electron chi connectivity index (χ3n) is 3.00. The lowest BCUT2D eigenvalue weighted by atomic mass is 10.1. The van der Waals surface area contributed by atoms with Crippen LogP contribution in [0.25, 0.3) is 0 Å². The standard InChI is InChI=1S/C15H16ClN3O/c1-10-8-9-18-15(16)14(10)19-13(20)7-4-11-2-5-12(17)6-3-11/h2-3,5-6,8-9H,4,7,17H2,1H3,(H,19,20). The predicted octanol–water partition coefficient (Wildman–Crippen LogP) is 3.20. The van der Waals surface area contributed by atoms with Gasteiger partial charge in [0, 0.05) is 18.3 Å². The second-order valence-electron chi connectivity index (χ2n) is 4.58. The van der Waals surface area contributed by atoms with Crippen LogP contribution in [0.4, 0.5) is 11.4 Å². The summed E-state index contributed by atoms with van der Waals surface area (Å²) in [7, 11) is 0. The number of nitrogen functional groups attached to an aromatic ring is 1. The highest BCUT2D eigenvalue weighted by atomic mass is 35.5. The number of amides is 1. The van der Waals surface area contributed by atoms with E-state index in [1.165, 1.54) is 0 Å². The predicted molar refractivity (Wildman–Crippen MR) is 81.8 cm³/mol. The molecule has 1 aromatic carbocycles. The molecule has 0 unspecified atom stereocenters. The molecule has 0 bridgehead atoms. The number of rotatable bonds is 4. The Morgan fingerprint density at radius 1 is 1.30 bits per heavy atom. The SMILES string of the molecule is Cc1ccnc(Cl)c1NC(=O)CCc1ccc(N)cc1. The highest BCUT2D eigenvalue weighted by Gasteiger charge is 2.09. The van der Waals surface area contributed by atoms with Crippen LogP contribution in [0.5, 0.6) is 0 Å². The van der Waals surface area contributed by atoms with E-state index in [1.807, 2.05) is 37.3 Å². The summed E-state index contributed by atoms with van der Waals surface area (Å²) in [5, 5.41) is 3.11. The number of carbonyl (C=O) groups excluding carboxylic acids is 1. The summed E-state index contributed by atoms with van der Waals surface area (Å²) >= 11 is 5.97. The van der Waals surface area contributed by atoms with Crippen LogP contribution in [0.15, 0.2) is 36.5 Å². The van der Waals surface area contributed by atoms with Gasteiger partial charge in [0.2, 0.25) is 5.91 Å². The molecule has 0 radical (unpaired) electrons. The number of nitrogens with two attached hydrogens (primary N) is 1. The van der Waals surface area contributed by atoms with E-state index in [-0.39, 0.29) is 5.91 Å². The van der Waals surface area contributed by atoms with E-state index >= 15 is 0 Å². The van der Waals surface area contributed by atoms with E-state index in [2.05, 4.69) is 10.3 Å². The Hall–Kier alpha value is -2.07. The number of hydrogen-bond donors (Lipinski definition) is 2. The first-order valence-electron chi connectivity index (χ1n) is 6.31. The third kappa shape index (κ3) is 3.71. The molecular formula is C15H16ClN3O. The number of aromatic nitrogens is 1. The minimum absolute atomic E-state index is 0.0835. The quantitative estimate of drug-likeness (QED) is 0.671. The highest BCUT2D eigenvalue weighted by Crippen LogP contribution is 2.22. The van der Waals surface area contributed by atoms with E-state index in [0.717, 1.165) is 16.8 Å². The number of hydrogen-bond acceptors (Lipinski definition) is 3. The van der Waals surface area contributed by atoms with Crippen LogP contribution in [-0.2, 0) is 11.2 Å². The van der Waals surface area contributed by atoms with E-state index in [1.54, 1.807) is 6.20 Å². The Bertz CT molecular complexity index is 591. The summed E-state index contributed by atoms with van der Waals surface area (Å²) in [6, 6.07) is 9.31. The van der Waals surface area contributed by atoms with Gasteiger partial charge in [-0.15, -0.1) is 0 Å². The number of pyridine rings is 1. The average molecular weight is 290 g/mol. The first-order valence-corrected chi connectivity index (χ1v) is 6.69. The summed E-state index contributed by atoms with van der Waals surface area (Å²) in [6.45, 7) is 1.88. The van der Waals surface area contributed by atoms with Gasteiger partial charge in [-0.25, -0.2) is 4.98 Å². The number of benzene rings is 1. The lowest BCUT2D eigenvalue weighted by molar-refractivity contribution is -0.116. The van der Waals surface area contributed by atoms with Crippen LogP contribution in [-0.4, -0.2) is 10.9 Å². The second-order valence-corrected chi connectivity index (χ2v) is 4.94. The van der Waals surface area contributed by atoms with Gasteiger partial charge in [0.15, 0.2) is 5.15 Å². The first kappa shape index (κ1) is 14.3. The van der Waals surface area contributed by atoms with E-state index in [4.69, 9.17) is 17.3 Å². The summed E-state index contributed by atoms with van der Waals surface area (Å²) < 4.78 is 0. The summed E-state index contributed by atoms with van der Waals surface area (Å²) in [6.07, 6.45) is 2.65. The molecule has 0 spiro atoms. The van der Waals surface area contributed by atoms with Crippen molar-refractivity contribution in [2.45, 2.75) is 19.8 Å². The molecule has 0 aliphatic heterocycles. The van der Waals surface area contributed by atoms with Gasteiger partial charge in [-0.3, -0.25) is 4.79 Å². The van der Waals surface area contributed by atoms with Crippen molar-refractivity contribution in [2.24, 2.45) is 0 Å². The molecule has 0 saturated carbocycles. The second kappa shape index (κ2) is 6.39. The number of anilines is 2. The largest absolute Gasteiger partial charge is 0.399 e. The van der Waals surface area contributed by atoms with Crippen LogP contribution >= 0.6 is 11.6 Å². The van der Waals surface area contributed by atoms with Gasteiger partial charge < -0.3 is 11.1 Å². The summed E-state index contributed by atoms with van der Waals surface area (Å²) in [5.74, 6) is -0.0835. The molecule has 2 rings (SSSR count). The molecule has 2 aromatic rings. The van der Waals surface area contributed by atoms with Gasteiger partial charge in [0.25, 0.3) is 0 Å². The Morgan fingerprint density at radius 3 is 2.65 bits per heavy atom. The molecular weight excluding hydrogens is 274 g/mol. The van der Waals surface area contributed by atoms with Crippen molar-refractivity contribution in [3.05, 3.63) is 52.8 Å². The maximum absolute atomic E-state index is 11.9. The molecule has 0 saturated heterocycles. The van der Waals surface area contributed by atoms with Crippen molar-refractivity contribution in [1.82, 2.24) is 4.98 Å². The van der Waals surface area contributed by atoms with Crippen LogP contribution in [0.2, 0.25) is 5.15 Å². The minimum Gasteiger partial charge on any atom is -0.399 e. The molecule has 20 heavy (non-hydrogen) atoms. The van der Waals surface area contributed by atoms with Gasteiger partial charge >= 0.3 is 0 Å². The molecule has 0 atom stereocenters. The topological polar surface area (TPSA) is 68.0 Å². The molecule has 3 N–H and O–H groups in total. The zero-order chi connectivity index (χ0) is 14.5. The first-order chi connectivity index (χ1) is 9.56. The van der Waals surface area contributed by atoms with Gasteiger partial charge in [-0.1, -0.05) is 23.7 Å². The van der Waals surface area contributed by atoms with Gasteiger partial charge in [0.05, 0.1) is 5.69 Å². The molecule has 4 nitrogen and oxygen atoms in total. The zero-order valence-corrected chi connectivity index (χ0v) is 11.9. The summed E-state index contributed by atoms with van der Waals surface area (Å²) in [5.41, 5.74) is 8.88. The smallest absolute Gasteiger partial charge is 0.224 e. The van der Waals surface area contributed by atoms with Crippen molar-refractivity contribution in [1.29, 1.82) is 0 Å². The van der Waals surface area contributed by atoms with Crippen LogP contribution < -0.4 is 11.1 Å². The van der Waals surface area contributed by atoms with Crippen LogP contribution in [0.3, 0.4) is 0 Å². The van der Waals surface area contributed by atoms with Gasteiger partial charge in [0.1, 0.15) is 0 Å². The molecule has 1 amide bonds. The molecule has 0 aliphatic rings. The Balaban J connectivity index is 1.94.